The van der Waals surface area contributed by atoms with Gasteiger partial charge in [-0.3, -0.25) is 0 Å². The summed E-state index contributed by atoms with van der Waals surface area (Å²) < 4.78 is 0. The van der Waals surface area contributed by atoms with E-state index in [9.17, 15) is 0 Å². The fourth-order valence-corrected chi connectivity index (χ4v) is 6.79. The van der Waals surface area contributed by atoms with Gasteiger partial charge in [-0.15, -0.1) is 0 Å². The topological polar surface area (TPSA) is 12.0 Å². The number of hydrogen-bond acceptors (Lipinski definition) is 1. The van der Waals surface area contributed by atoms with Crippen molar-refractivity contribution < 1.29 is 0 Å². The van der Waals surface area contributed by atoms with Crippen LogP contribution in [0.1, 0.15) is 12.5 Å². The quantitative estimate of drug-likeness (QED) is 0.215. The van der Waals surface area contributed by atoms with Crippen LogP contribution < -0.4 is 5.32 Å². The van der Waals surface area contributed by atoms with E-state index >= 15 is 0 Å². The molecule has 0 amide bonds. The predicted molar refractivity (Wildman–Crippen MR) is 185 cm³/mol. The molecule has 43 heavy (non-hydrogen) atoms. The molecule has 7 aromatic rings. The van der Waals surface area contributed by atoms with Gasteiger partial charge in [-0.05, 0) is 84.3 Å². The molecule has 1 heteroatoms. The maximum atomic E-state index is 3.52. The molecule has 0 spiro atoms. The second-order valence-electron chi connectivity index (χ2n) is 11.4. The summed E-state index contributed by atoms with van der Waals surface area (Å²) in [5, 5.41) is 11.2. The van der Waals surface area contributed by atoms with E-state index in [0.29, 0.717) is 0 Å². The zero-order chi connectivity index (χ0) is 28.8. The maximum Gasteiger partial charge on any atom is 0.0418 e. The number of hydrogen-bond donors (Lipinski definition) is 1. The lowest BCUT2D eigenvalue weighted by Crippen LogP contribution is -2.15. The lowest BCUT2D eigenvalue weighted by atomic mass is 9.84. The van der Waals surface area contributed by atoms with Crippen LogP contribution in [0.15, 0.2) is 157 Å². The molecule has 1 N–H and O–H groups in total. The Morgan fingerprint density at radius 2 is 0.930 bits per heavy atom. The molecular formula is C42H31N. The largest absolute Gasteiger partial charge is 0.381 e. The Morgan fingerprint density at radius 1 is 0.419 bits per heavy atom. The van der Waals surface area contributed by atoms with E-state index < -0.39 is 0 Å². The van der Waals surface area contributed by atoms with Gasteiger partial charge < -0.3 is 5.32 Å². The summed E-state index contributed by atoms with van der Waals surface area (Å²) in [7, 11) is 0. The first-order valence-corrected chi connectivity index (χ1v) is 15.0. The van der Waals surface area contributed by atoms with Crippen molar-refractivity contribution in [1.82, 2.24) is 5.32 Å². The molecule has 0 saturated heterocycles. The van der Waals surface area contributed by atoms with Crippen LogP contribution in [0.5, 0.6) is 0 Å². The second-order valence-corrected chi connectivity index (χ2v) is 11.4. The zero-order valence-electron chi connectivity index (χ0n) is 24.1. The molecule has 0 unspecified atom stereocenters. The molecule has 0 radical (unpaired) electrons. The average molecular weight is 550 g/mol. The summed E-state index contributed by atoms with van der Waals surface area (Å²) in [5.41, 5.74) is 11.3. The van der Waals surface area contributed by atoms with Crippen LogP contribution in [0.3, 0.4) is 0 Å². The third kappa shape index (κ3) is 4.33. The number of benzene rings is 7. The highest BCUT2D eigenvalue weighted by atomic mass is 14.9. The van der Waals surface area contributed by atoms with Crippen molar-refractivity contribution >= 4 is 38.0 Å². The van der Waals surface area contributed by atoms with Crippen LogP contribution in [-0.2, 0) is 0 Å². The maximum absolute atomic E-state index is 3.52. The van der Waals surface area contributed by atoms with Crippen LogP contribution in [0.25, 0.3) is 71.4 Å². The van der Waals surface area contributed by atoms with E-state index in [2.05, 4.69) is 164 Å². The standard InChI is InChI=1S/C42H31N/c1-28-25-26-43-40(27-28)30-21-23-31(24-22-30)41-36-13-5-7-15-38(36)42(39-16-8-6-14-37(39)41)35-20-10-18-33-32(17-9-19-34(33)35)29-11-3-2-4-12-29/h2-25,27,43H,26H2,1H3. The van der Waals surface area contributed by atoms with Crippen molar-refractivity contribution in [3.63, 3.8) is 0 Å². The predicted octanol–water partition coefficient (Wildman–Crippen LogP) is 11.0. The molecule has 0 atom stereocenters. The van der Waals surface area contributed by atoms with Gasteiger partial charge in [-0.1, -0.05) is 151 Å². The van der Waals surface area contributed by atoms with Crippen molar-refractivity contribution in [2.45, 2.75) is 6.92 Å². The Morgan fingerprint density at radius 3 is 1.56 bits per heavy atom. The molecule has 0 fully saturated rings. The van der Waals surface area contributed by atoms with Crippen LogP contribution in [0, 0.1) is 0 Å². The van der Waals surface area contributed by atoms with E-state index in [4.69, 9.17) is 0 Å². The Bertz CT molecular complexity index is 2160. The number of fused-ring (bicyclic) bond motifs is 3. The van der Waals surface area contributed by atoms with Crippen LogP contribution in [0.2, 0.25) is 0 Å². The fraction of sp³-hybridized carbons (Fsp3) is 0.0476. The van der Waals surface area contributed by atoms with E-state index in [1.807, 2.05) is 0 Å². The average Bonchev–Trinajstić information content (AvgIpc) is 3.07. The third-order valence-corrected chi connectivity index (χ3v) is 8.78. The molecule has 204 valence electrons. The summed E-state index contributed by atoms with van der Waals surface area (Å²) in [6.45, 7) is 3.03. The van der Waals surface area contributed by atoms with E-state index in [0.717, 1.165) is 6.54 Å². The summed E-state index contributed by atoms with van der Waals surface area (Å²) in [5.74, 6) is 0. The summed E-state index contributed by atoms with van der Waals surface area (Å²) in [6, 6.07) is 51.1. The molecule has 0 aromatic heterocycles. The Hall–Kier alpha value is -5.40. The number of allylic oxidation sites excluding steroid dienone is 2. The van der Waals surface area contributed by atoms with Crippen LogP contribution in [0.4, 0.5) is 0 Å². The zero-order valence-corrected chi connectivity index (χ0v) is 24.1. The van der Waals surface area contributed by atoms with Gasteiger partial charge in [0.25, 0.3) is 0 Å². The van der Waals surface area contributed by atoms with Crippen molar-refractivity contribution in [3.8, 4) is 33.4 Å². The first kappa shape index (κ1) is 25.3. The summed E-state index contributed by atoms with van der Waals surface area (Å²) in [4.78, 5) is 0. The van der Waals surface area contributed by atoms with E-state index in [1.165, 1.54) is 82.5 Å². The molecule has 0 saturated carbocycles. The lowest BCUT2D eigenvalue weighted by molar-refractivity contribution is 0.981. The monoisotopic (exact) mass is 549 g/mol. The minimum atomic E-state index is 0.872. The Labute approximate surface area is 252 Å². The van der Waals surface area contributed by atoms with Crippen molar-refractivity contribution in [3.05, 3.63) is 163 Å². The number of nitrogens with one attached hydrogen (secondary N) is 1. The molecular weight excluding hydrogens is 518 g/mol. The number of dihydropyridines is 1. The highest BCUT2D eigenvalue weighted by molar-refractivity contribution is 6.24. The highest BCUT2D eigenvalue weighted by Crippen LogP contribution is 2.46. The Kier molecular flexibility index (Phi) is 6.16. The molecule has 1 aliphatic rings. The fourth-order valence-electron chi connectivity index (χ4n) is 6.79. The SMILES string of the molecule is CC1=CCNC(c2ccc(-c3c4ccccc4c(-c4cccc5c(-c6ccccc6)cccc45)c4ccccc34)cc2)=C1. The second kappa shape index (κ2) is 10.5. The molecule has 8 rings (SSSR count). The van der Waals surface area contributed by atoms with Gasteiger partial charge in [-0.25, -0.2) is 0 Å². The minimum absolute atomic E-state index is 0.872. The molecule has 1 heterocycles. The smallest absolute Gasteiger partial charge is 0.0418 e. The van der Waals surface area contributed by atoms with Crippen molar-refractivity contribution in [2.24, 2.45) is 0 Å². The molecule has 1 nitrogen and oxygen atoms in total. The molecule has 1 aliphatic heterocycles. The van der Waals surface area contributed by atoms with E-state index in [-0.39, 0.29) is 0 Å². The lowest BCUT2D eigenvalue weighted by Gasteiger charge is -2.20. The minimum Gasteiger partial charge on any atom is -0.381 e. The third-order valence-electron chi connectivity index (χ3n) is 8.78. The van der Waals surface area contributed by atoms with Gasteiger partial charge >= 0.3 is 0 Å². The van der Waals surface area contributed by atoms with Gasteiger partial charge in [0.2, 0.25) is 0 Å². The Balaban J connectivity index is 1.38. The van der Waals surface area contributed by atoms with Gasteiger partial charge in [0.1, 0.15) is 0 Å². The number of rotatable bonds is 4. The van der Waals surface area contributed by atoms with Crippen LogP contribution >= 0.6 is 0 Å². The summed E-state index contributed by atoms with van der Waals surface area (Å²) >= 11 is 0. The van der Waals surface area contributed by atoms with Crippen molar-refractivity contribution in [2.75, 3.05) is 6.54 Å². The van der Waals surface area contributed by atoms with E-state index in [1.54, 1.807) is 0 Å². The normalized spacial score (nSPS) is 13.1. The van der Waals surface area contributed by atoms with Gasteiger partial charge in [0, 0.05) is 12.2 Å². The summed E-state index contributed by atoms with van der Waals surface area (Å²) in [6.07, 6.45) is 4.45. The van der Waals surface area contributed by atoms with Gasteiger partial charge in [-0.2, -0.15) is 0 Å². The molecule has 0 aliphatic carbocycles. The van der Waals surface area contributed by atoms with Crippen molar-refractivity contribution in [1.29, 1.82) is 0 Å². The van der Waals surface area contributed by atoms with Gasteiger partial charge in [0.05, 0.1) is 0 Å². The van der Waals surface area contributed by atoms with Gasteiger partial charge in [0.15, 0.2) is 0 Å². The van der Waals surface area contributed by atoms with Crippen LogP contribution in [-0.4, -0.2) is 6.54 Å². The molecule has 7 aromatic carbocycles. The molecule has 0 bridgehead atoms. The highest BCUT2D eigenvalue weighted by Gasteiger charge is 2.18. The first-order chi connectivity index (χ1) is 21.3. The first-order valence-electron chi connectivity index (χ1n) is 15.0.